The van der Waals surface area contributed by atoms with Crippen molar-refractivity contribution in [2.24, 2.45) is 0 Å². The van der Waals surface area contributed by atoms with Crippen LogP contribution in [0.15, 0.2) is 34.2 Å². The minimum atomic E-state index is -0.496. The Hall–Kier alpha value is -2.97. The van der Waals surface area contributed by atoms with Crippen molar-refractivity contribution in [3.63, 3.8) is 0 Å². The maximum Gasteiger partial charge on any atom is 0.328 e. The van der Waals surface area contributed by atoms with Crippen LogP contribution >= 0.6 is 0 Å². The lowest BCUT2D eigenvalue weighted by molar-refractivity contribution is -0.131. The van der Waals surface area contributed by atoms with Gasteiger partial charge < -0.3 is 14.4 Å². The van der Waals surface area contributed by atoms with Gasteiger partial charge in [0.15, 0.2) is 0 Å². The predicted octanol–water partition coefficient (Wildman–Crippen LogP) is -0.626. The van der Waals surface area contributed by atoms with Crippen LogP contribution in [0.3, 0.4) is 0 Å². The first-order chi connectivity index (χ1) is 12.0. The van der Waals surface area contributed by atoms with Crippen molar-refractivity contribution in [3.05, 3.63) is 51.2 Å². The fourth-order valence-corrected chi connectivity index (χ4v) is 2.79. The highest BCUT2D eigenvalue weighted by Gasteiger charge is 2.21. The molecule has 0 spiro atoms. The SMILES string of the molecule is Cc1cc(N2CCN(C(=O)CCn3ccc(=O)[nH]c3=O)CC2)ncn1. The molecule has 0 bridgehead atoms. The Kier molecular flexibility index (Phi) is 4.92. The highest BCUT2D eigenvalue weighted by Crippen LogP contribution is 2.14. The number of aromatic amines is 1. The van der Waals surface area contributed by atoms with E-state index in [0.29, 0.717) is 26.2 Å². The van der Waals surface area contributed by atoms with Gasteiger partial charge in [0.1, 0.15) is 12.1 Å². The van der Waals surface area contributed by atoms with Crippen molar-refractivity contribution < 1.29 is 4.79 Å². The number of amides is 1. The van der Waals surface area contributed by atoms with Crippen LogP contribution < -0.4 is 16.1 Å². The van der Waals surface area contributed by atoms with Crippen molar-refractivity contribution in [2.75, 3.05) is 31.1 Å². The second kappa shape index (κ2) is 7.29. The number of carbonyl (C=O) groups excluding carboxylic acids is 1. The van der Waals surface area contributed by atoms with Gasteiger partial charge in [-0.05, 0) is 6.92 Å². The molecular weight excluding hydrogens is 324 g/mol. The Morgan fingerprint density at radius 3 is 2.64 bits per heavy atom. The lowest BCUT2D eigenvalue weighted by Gasteiger charge is -2.35. The number of carbonyl (C=O) groups is 1. The molecule has 3 rings (SSSR count). The molecule has 0 aliphatic carbocycles. The molecule has 1 fully saturated rings. The Labute approximate surface area is 143 Å². The summed E-state index contributed by atoms with van der Waals surface area (Å²) in [6.07, 6.45) is 3.17. The van der Waals surface area contributed by atoms with Crippen LogP contribution in [0.4, 0.5) is 5.82 Å². The molecule has 2 aromatic heterocycles. The maximum absolute atomic E-state index is 12.3. The van der Waals surface area contributed by atoms with E-state index < -0.39 is 11.2 Å². The molecule has 1 aliphatic heterocycles. The van der Waals surface area contributed by atoms with Crippen LogP contribution in [0.1, 0.15) is 12.1 Å². The average molecular weight is 344 g/mol. The predicted molar refractivity (Wildman–Crippen MR) is 91.5 cm³/mol. The van der Waals surface area contributed by atoms with Gasteiger partial charge in [0, 0.05) is 63.2 Å². The molecule has 9 heteroatoms. The number of hydrogen-bond donors (Lipinski definition) is 1. The van der Waals surface area contributed by atoms with Gasteiger partial charge in [0.05, 0.1) is 0 Å². The van der Waals surface area contributed by atoms with E-state index in [1.165, 1.54) is 16.8 Å². The van der Waals surface area contributed by atoms with E-state index in [9.17, 15) is 14.4 Å². The molecule has 2 aromatic rings. The fraction of sp³-hybridized carbons (Fsp3) is 0.438. The molecule has 0 saturated carbocycles. The van der Waals surface area contributed by atoms with Crippen LogP contribution in [0.5, 0.6) is 0 Å². The quantitative estimate of drug-likeness (QED) is 0.792. The minimum Gasteiger partial charge on any atom is -0.353 e. The molecule has 1 N–H and O–H groups in total. The van der Waals surface area contributed by atoms with Crippen LogP contribution in [-0.2, 0) is 11.3 Å². The summed E-state index contributed by atoms with van der Waals surface area (Å²) in [6, 6.07) is 3.20. The van der Waals surface area contributed by atoms with Gasteiger partial charge >= 0.3 is 5.69 Å². The molecule has 1 saturated heterocycles. The van der Waals surface area contributed by atoms with Gasteiger partial charge in [-0.2, -0.15) is 0 Å². The standard InChI is InChI=1S/C16H20N6O3/c1-12-10-13(18-11-17-12)20-6-8-21(9-7-20)15(24)3-5-22-4-2-14(23)19-16(22)25/h2,4,10-11H,3,5-9H2,1H3,(H,19,23,25). The molecule has 1 aliphatic rings. The van der Waals surface area contributed by atoms with Gasteiger partial charge in [-0.15, -0.1) is 0 Å². The topological polar surface area (TPSA) is 104 Å². The van der Waals surface area contributed by atoms with Crippen molar-refractivity contribution in [1.82, 2.24) is 24.4 Å². The van der Waals surface area contributed by atoms with E-state index >= 15 is 0 Å². The second-order valence-electron chi connectivity index (χ2n) is 5.94. The molecule has 9 nitrogen and oxygen atoms in total. The molecule has 0 unspecified atom stereocenters. The molecule has 0 aromatic carbocycles. The number of nitrogens with one attached hydrogen (secondary N) is 1. The zero-order valence-electron chi connectivity index (χ0n) is 14.0. The van der Waals surface area contributed by atoms with Crippen LogP contribution in [0, 0.1) is 6.92 Å². The lowest BCUT2D eigenvalue weighted by Crippen LogP contribution is -2.49. The molecular formula is C16H20N6O3. The zero-order chi connectivity index (χ0) is 17.8. The lowest BCUT2D eigenvalue weighted by atomic mass is 10.2. The number of aryl methyl sites for hydroxylation is 2. The monoisotopic (exact) mass is 344 g/mol. The molecule has 1 amide bonds. The number of anilines is 1. The summed E-state index contributed by atoms with van der Waals surface area (Å²) >= 11 is 0. The Morgan fingerprint density at radius 2 is 1.96 bits per heavy atom. The third-order valence-corrected chi connectivity index (χ3v) is 4.21. The van der Waals surface area contributed by atoms with E-state index in [1.54, 1.807) is 11.2 Å². The summed E-state index contributed by atoms with van der Waals surface area (Å²) < 4.78 is 1.33. The third-order valence-electron chi connectivity index (χ3n) is 4.21. The number of hydrogen-bond acceptors (Lipinski definition) is 6. The molecule has 0 atom stereocenters. The Bertz CT molecular complexity index is 866. The summed E-state index contributed by atoms with van der Waals surface area (Å²) in [7, 11) is 0. The van der Waals surface area contributed by atoms with Gasteiger partial charge in [-0.1, -0.05) is 0 Å². The molecule has 132 valence electrons. The van der Waals surface area contributed by atoms with E-state index in [-0.39, 0.29) is 18.9 Å². The highest BCUT2D eigenvalue weighted by atomic mass is 16.2. The second-order valence-corrected chi connectivity index (χ2v) is 5.94. The van der Waals surface area contributed by atoms with Gasteiger partial charge in [0.25, 0.3) is 5.56 Å². The van der Waals surface area contributed by atoms with Gasteiger partial charge in [-0.3, -0.25) is 14.6 Å². The van der Waals surface area contributed by atoms with E-state index in [2.05, 4.69) is 19.9 Å². The Morgan fingerprint density at radius 1 is 1.20 bits per heavy atom. The van der Waals surface area contributed by atoms with Crippen LogP contribution in [0.25, 0.3) is 0 Å². The van der Waals surface area contributed by atoms with Crippen LogP contribution in [0.2, 0.25) is 0 Å². The first kappa shape index (κ1) is 16.9. The first-order valence-corrected chi connectivity index (χ1v) is 8.14. The summed E-state index contributed by atoms with van der Waals surface area (Å²) in [5.74, 6) is 0.871. The summed E-state index contributed by atoms with van der Waals surface area (Å²) in [5.41, 5.74) is -0.0252. The number of aromatic nitrogens is 4. The summed E-state index contributed by atoms with van der Waals surface area (Å²) in [4.78, 5) is 49.5. The number of piperazine rings is 1. The van der Waals surface area contributed by atoms with Gasteiger partial charge in [-0.25, -0.2) is 14.8 Å². The number of H-pyrrole nitrogens is 1. The van der Waals surface area contributed by atoms with E-state index in [0.717, 1.165) is 11.5 Å². The highest BCUT2D eigenvalue weighted by molar-refractivity contribution is 5.76. The molecule has 0 radical (unpaired) electrons. The number of nitrogens with zero attached hydrogens (tertiary/aromatic N) is 5. The van der Waals surface area contributed by atoms with Crippen molar-refractivity contribution in [3.8, 4) is 0 Å². The smallest absolute Gasteiger partial charge is 0.328 e. The summed E-state index contributed by atoms with van der Waals surface area (Å²) in [5, 5.41) is 0. The number of rotatable bonds is 4. The van der Waals surface area contributed by atoms with Crippen molar-refractivity contribution in [1.29, 1.82) is 0 Å². The zero-order valence-corrected chi connectivity index (χ0v) is 14.0. The largest absolute Gasteiger partial charge is 0.353 e. The summed E-state index contributed by atoms with van der Waals surface area (Å²) in [6.45, 7) is 4.82. The normalized spacial score (nSPS) is 14.6. The minimum absolute atomic E-state index is 0.00313. The van der Waals surface area contributed by atoms with Crippen molar-refractivity contribution >= 4 is 11.7 Å². The Balaban J connectivity index is 1.53. The third kappa shape index (κ3) is 4.11. The first-order valence-electron chi connectivity index (χ1n) is 8.14. The fourth-order valence-electron chi connectivity index (χ4n) is 2.79. The molecule has 25 heavy (non-hydrogen) atoms. The van der Waals surface area contributed by atoms with Crippen LogP contribution in [-0.4, -0.2) is 56.5 Å². The van der Waals surface area contributed by atoms with E-state index in [1.807, 2.05) is 13.0 Å². The molecule has 3 heterocycles. The van der Waals surface area contributed by atoms with Gasteiger partial charge in [0.2, 0.25) is 5.91 Å². The maximum atomic E-state index is 12.3. The van der Waals surface area contributed by atoms with E-state index in [4.69, 9.17) is 0 Å². The average Bonchev–Trinajstić information content (AvgIpc) is 2.61. The van der Waals surface area contributed by atoms with Crippen molar-refractivity contribution in [2.45, 2.75) is 19.9 Å².